The highest BCUT2D eigenvalue weighted by atomic mass is 35.5. The van der Waals surface area contributed by atoms with Crippen LogP contribution in [0.4, 0.5) is 8.78 Å². The van der Waals surface area contributed by atoms with Gasteiger partial charge in [-0.25, -0.2) is 13.8 Å². The van der Waals surface area contributed by atoms with Crippen LogP contribution in [0.25, 0.3) is 0 Å². The van der Waals surface area contributed by atoms with Crippen molar-refractivity contribution in [2.45, 2.75) is 13.3 Å². The maximum atomic E-state index is 12.5. The van der Waals surface area contributed by atoms with Gasteiger partial charge >= 0.3 is 0 Å². The third kappa shape index (κ3) is 1.82. The maximum absolute atomic E-state index is 12.5. The number of alkyl halides is 2. The number of aryl methyl sites for hydroxylation is 1. The normalized spacial score (nSPS) is 10.6. The number of pyridine rings is 1. The fourth-order valence-corrected chi connectivity index (χ4v) is 1.36. The van der Waals surface area contributed by atoms with Crippen LogP contribution in [0.5, 0.6) is 0 Å². The number of aromatic nitrogens is 1. The second kappa shape index (κ2) is 3.88. The van der Waals surface area contributed by atoms with Crippen molar-refractivity contribution in [1.29, 1.82) is 0 Å². The maximum Gasteiger partial charge on any atom is 0.267 e. The standard InChI is InChI=1S/C8H7ClF2N2O/c1-3-2-13-6(9)5(7(10)11)4(3)8(12)14/h2,7H,1H3,(H2,12,14). The molecule has 0 aliphatic rings. The van der Waals surface area contributed by atoms with Crippen molar-refractivity contribution in [3.05, 3.63) is 28.0 Å². The lowest BCUT2D eigenvalue weighted by molar-refractivity contribution is 0.0985. The van der Waals surface area contributed by atoms with Gasteiger partial charge in [0.15, 0.2) is 0 Å². The molecule has 3 nitrogen and oxygen atoms in total. The largest absolute Gasteiger partial charge is 0.366 e. The van der Waals surface area contributed by atoms with Gasteiger partial charge in [-0.05, 0) is 12.5 Å². The third-order valence-electron chi connectivity index (χ3n) is 1.72. The van der Waals surface area contributed by atoms with Crippen molar-refractivity contribution >= 4 is 17.5 Å². The smallest absolute Gasteiger partial charge is 0.267 e. The molecule has 0 aliphatic heterocycles. The molecule has 0 radical (unpaired) electrons. The summed E-state index contributed by atoms with van der Waals surface area (Å²) in [6, 6.07) is 0. The fourth-order valence-electron chi connectivity index (χ4n) is 1.13. The van der Waals surface area contributed by atoms with E-state index in [9.17, 15) is 13.6 Å². The summed E-state index contributed by atoms with van der Waals surface area (Å²) < 4.78 is 25.0. The zero-order valence-corrected chi connectivity index (χ0v) is 7.98. The zero-order chi connectivity index (χ0) is 10.9. The van der Waals surface area contributed by atoms with E-state index >= 15 is 0 Å². The molecule has 0 aromatic carbocycles. The number of nitrogens with two attached hydrogens (primary N) is 1. The van der Waals surface area contributed by atoms with Gasteiger partial charge in [0.2, 0.25) is 5.91 Å². The average molecular weight is 221 g/mol. The Morgan fingerprint density at radius 3 is 2.57 bits per heavy atom. The highest BCUT2D eigenvalue weighted by Crippen LogP contribution is 2.30. The molecule has 14 heavy (non-hydrogen) atoms. The molecule has 0 fully saturated rings. The molecule has 0 saturated carbocycles. The van der Waals surface area contributed by atoms with Crippen molar-refractivity contribution in [1.82, 2.24) is 4.98 Å². The fraction of sp³-hybridized carbons (Fsp3) is 0.250. The second-order valence-corrected chi connectivity index (χ2v) is 3.04. The summed E-state index contributed by atoms with van der Waals surface area (Å²) in [6.45, 7) is 1.47. The Hall–Kier alpha value is -1.23. The van der Waals surface area contributed by atoms with Crippen LogP contribution >= 0.6 is 11.6 Å². The zero-order valence-electron chi connectivity index (χ0n) is 7.22. The van der Waals surface area contributed by atoms with Crippen molar-refractivity contribution in [3.8, 4) is 0 Å². The van der Waals surface area contributed by atoms with Gasteiger partial charge in [0, 0.05) is 6.20 Å². The third-order valence-corrected chi connectivity index (χ3v) is 2.02. The van der Waals surface area contributed by atoms with Crippen LogP contribution in [0.2, 0.25) is 5.15 Å². The van der Waals surface area contributed by atoms with E-state index in [-0.39, 0.29) is 16.3 Å². The first-order valence-electron chi connectivity index (χ1n) is 3.68. The Labute approximate surface area is 83.9 Å². The van der Waals surface area contributed by atoms with Crippen molar-refractivity contribution in [2.75, 3.05) is 0 Å². The van der Waals surface area contributed by atoms with E-state index in [0.717, 1.165) is 0 Å². The molecule has 0 bridgehead atoms. The lowest BCUT2D eigenvalue weighted by Gasteiger charge is -2.09. The molecule has 1 aromatic heterocycles. The van der Waals surface area contributed by atoms with Crippen LogP contribution in [-0.2, 0) is 0 Å². The molecule has 0 unspecified atom stereocenters. The molecule has 0 spiro atoms. The minimum Gasteiger partial charge on any atom is -0.366 e. The van der Waals surface area contributed by atoms with Gasteiger partial charge in [0.05, 0.1) is 11.1 Å². The molecule has 2 N–H and O–H groups in total. The lowest BCUT2D eigenvalue weighted by atomic mass is 10.1. The van der Waals surface area contributed by atoms with Gasteiger partial charge < -0.3 is 5.73 Å². The van der Waals surface area contributed by atoms with E-state index in [1.165, 1.54) is 13.1 Å². The van der Waals surface area contributed by atoms with Crippen LogP contribution in [-0.4, -0.2) is 10.9 Å². The molecular weight excluding hydrogens is 214 g/mol. The second-order valence-electron chi connectivity index (χ2n) is 2.69. The SMILES string of the molecule is Cc1cnc(Cl)c(C(F)F)c1C(N)=O. The number of primary amides is 1. The van der Waals surface area contributed by atoms with Gasteiger partial charge in [0.1, 0.15) is 5.15 Å². The first-order chi connectivity index (χ1) is 6.45. The number of halogens is 3. The Balaban J connectivity index is 3.50. The highest BCUT2D eigenvalue weighted by Gasteiger charge is 2.22. The van der Waals surface area contributed by atoms with Gasteiger partial charge in [-0.15, -0.1) is 0 Å². The van der Waals surface area contributed by atoms with Crippen LogP contribution in [0, 0.1) is 6.92 Å². The monoisotopic (exact) mass is 220 g/mol. The summed E-state index contributed by atoms with van der Waals surface area (Å²) in [5.74, 6) is -0.929. The Morgan fingerprint density at radius 2 is 2.21 bits per heavy atom. The van der Waals surface area contributed by atoms with Crippen LogP contribution in [0.3, 0.4) is 0 Å². The minimum atomic E-state index is -2.86. The summed E-state index contributed by atoms with van der Waals surface area (Å²) in [6.07, 6.45) is -1.63. The lowest BCUT2D eigenvalue weighted by Crippen LogP contribution is -2.16. The molecular formula is C8H7ClF2N2O. The van der Waals surface area contributed by atoms with E-state index in [1.54, 1.807) is 0 Å². The summed E-state index contributed by atoms with van der Waals surface area (Å²) in [7, 11) is 0. The summed E-state index contributed by atoms with van der Waals surface area (Å²) in [5.41, 5.74) is 4.40. The van der Waals surface area contributed by atoms with Crippen LogP contribution < -0.4 is 5.73 Å². The predicted octanol–water partition coefficient (Wildman–Crippen LogP) is 2.08. The molecule has 1 amide bonds. The Bertz CT molecular complexity index is 382. The number of hydrogen-bond acceptors (Lipinski definition) is 2. The Morgan fingerprint density at radius 1 is 1.64 bits per heavy atom. The summed E-state index contributed by atoms with van der Waals surface area (Å²) >= 11 is 5.44. The molecule has 0 saturated heterocycles. The number of amides is 1. The first-order valence-corrected chi connectivity index (χ1v) is 4.06. The molecule has 1 rings (SSSR count). The Kier molecular flexibility index (Phi) is 3.00. The molecule has 1 heterocycles. The number of carbonyl (C=O) groups excluding carboxylic acids is 1. The van der Waals surface area contributed by atoms with Gasteiger partial charge in [-0.2, -0.15) is 0 Å². The molecule has 6 heteroatoms. The van der Waals surface area contributed by atoms with Crippen molar-refractivity contribution in [3.63, 3.8) is 0 Å². The van der Waals surface area contributed by atoms with Gasteiger partial charge in [-0.3, -0.25) is 4.79 Å². The van der Waals surface area contributed by atoms with E-state index in [0.29, 0.717) is 0 Å². The highest BCUT2D eigenvalue weighted by molar-refractivity contribution is 6.30. The van der Waals surface area contributed by atoms with Crippen LogP contribution in [0.1, 0.15) is 27.9 Å². The molecule has 1 aromatic rings. The predicted molar refractivity (Wildman–Crippen MR) is 47.5 cm³/mol. The van der Waals surface area contributed by atoms with E-state index in [4.69, 9.17) is 17.3 Å². The first kappa shape index (κ1) is 10.8. The van der Waals surface area contributed by atoms with E-state index < -0.39 is 17.9 Å². The van der Waals surface area contributed by atoms with Crippen molar-refractivity contribution in [2.24, 2.45) is 5.73 Å². The van der Waals surface area contributed by atoms with Gasteiger partial charge in [0.25, 0.3) is 6.43 Å². The van der Waals surface area contributed by atoms with E-state index in [2.05, 4.69) is 4.98 Å². The summed E-state index contributed by atoms with van der Waals surface area (Å²) in [4.78, 5) is 14.4. The number of carbonyl (C=O) groups is 1. The topological polar surface area (TPSA) is 56.0 Å². The van der Waals surface area contributed by atoms with Crippen molar-refractivity contribution < 1.29 is 13.6 Å². The van der Waals surface area contributed by atoms with Gasteiger partial charge in [-0.1, -0.05) is 11.6 Å². The van der Waals surface area contributed by atoms with E-state index in [1.807, 2.05) is 0 Å². The molecule has 0 aliphatic carbocycles. The van der Waals surface area contributed by atoms with Crippen LogP contribution in [0.15, 0.2) is 6.20 Å². The number of nitrogens with zero attached hydrogens (tertiary/aromatic N) is 1. The number of hydrogen-bond donors (Lipinski definition) is 1. The molecule has 0 atom stereocenters. The average Bonchev–Trinajstić information content (AvgIpc) is 2.07. The quantitative estimate of drug-likeness (QED) is 0.776. The minimum absolute atomic E-state index is 0.250. The number of rotatable bonds is 2. The molecule has 76 valence electrons. The summed E-state index contributed by atoms with van der Waals surface area (Å²) in [5, 5.41) is -0.389.